The van der Waals surface area contributed by atoms with E-state index in [9.17, 15) is 4.79 Å². The Balaban J connectivity index is 1.38. The normalized spacial score (nSPS) is 22.1. The molecular weight excluding hydrogens is 412 g/mol. The van der Waals surface area contributed by atoms with E-state index >= 15 is 0 Å². The van der Waals surface area contributed by atoms with Gasteiger partial charge in [-0.05, 0) is 43.9 Å². The molecule has 0 spiro atoms. The molecule has 3 aromatic rings. The van der Waals surface area contributed by atoms with Crippen molar-refractivity contribution in [2.75, 3.05) is 21.3 Å². The quantitative estimate of drug-likeness (QED) is 0.630. The molecule has 168 valence electrons. The molecule has 1 aromatic carbocycles. The molecule has 2 atom stereocenters. The number of carbonyl (C=O) groups excluding carboxylic acids is 1. The van der Waals surface area contributed by atoms with Crippen molar-refractivity contribution >= 4 is 5.91 Å². The van der Waals surface area contributed by atoms with Gasteiger partial charge < -0.3 is 19.1 Å². The van der Waals surface area contributed by atoms with E-state index in [4.69, 9.17) is 14.2 Å². The number of amides is 1. The molecule has 2 aromatic heterocycles. The number of nitrogens with one attached hydrogen (secondary N) is 1. The van der Waals surface area contributed by atoms with Gasteiger partial charge in [-0.1, -0.05) is 0 Å². The maximum absolute atomic E-state index is 13.4. The number of fused-ring (bicyclic) bond motifs is 2. The van der Waals surface area contributed by atoms with Gasteiger partial charge in [-0.25, -0.2) is 0 Å². The van der Waals surface area contributed by atoms with E-state index in [1.54, 1.807) is 44.6 Å². The molecule has 5 rings (SSSR count). The first-order chi connectivity index (χ1) is 15.6. The van der Waals surface area contributed by atoms with Crippen LogP contribution in [0.15, 0.2) is 30.6 Å². The largest absolute Gasteiger partial charge is 0.493 e. The standard InChI is InChI=1S/C22H26N6O4/c1-30-19-8-13(9-20(31-2)21(19)32-3)17-12-18(26-25-17)22(29)27-14-4-5-15(27)11-16(10-14)28-23-6-7-24-28/h6-9,12,14-16H,4-5,10-11H2,1-3H3,(H,25,26). The Kier molecular flexibility index (Phi) is 5.20. The third-order valence-electron chi connectivity index (χ3n) is 6.47. The van der Waals surface area contributed by atoms with Crippen molar-refractivity contribution in [1.29, 1.82) is 0 Å². The number of ether oxygens (including phenoxy) is 3. The van der Waals surface area contributed by atoms with Crippen LogP contribution in [-0.4, -0.2) is 69.4 Å². The number of rotatable bonds is 6. The molecule has 0 aliphatic carbocycles. The summed E-state index contributed by atoms with van der Waals surface area (Å²) in [5.41, 5.74) is 1.87. The summed E-state index contributed by atoms with van der Waals surface area (Å²) in [7, 11) is 4.70. The molecule has 1 amide bonds. The average Bonchev–Trinajstić information content (AvgIpc) is 3.57. The minimum Gasteiger partial charge on any atom is -0.493 e. The third-order valence-corrected chi connectivity index (χ3v) is 6.47. The van der Waals surface area contributed by atoms with Gasteiger partial charge in [-0.2, -0.15) is 20.1 Å². The maximum atomic E-state index is 13.4. The van der Waals surface area contributed by atoms with Gasteiger partial charge in [0.2, 0.25) is 5.75 Å². The lowest BCUT2D eigenvalue weighted by molar-refractivity contribution is 0.0506. The van der Waals surface area contributed by atoms with Crippen molar-refractivity contribution in [3.8, 4) is 28.5 Å². The summed E-state index contributed by atoms with van der Waals surface area (Å²) >= 11 is 0. The van der Waals surface area contributed by atoms with Crippen LogP contribution in [0.1, 0.15) is 42.2 Å². The second-order valence-corrected chi connectivity index (χ2v) is 8.15. The Morgan fingerprint density at radius 2 is 1.56 bits per heavy atom. The van der Waals surface area contributed by atoms with E-state index in [1.165, 1.54) is 0 Å². The van der Waals surface area contributed by atoms with Crippen molar-refractivity contribution < 1.29 is 19.0 Å². The van der Waals surface area contributed by atoms with Crippen LogP contribution in [0.4, 0.5) is 0 Å². The van der Waals surface area contributed by atoms with E-state index in [0.29, 0.717) is 28.6 Å². The Bertz CT molecular complexity index is 1070. The van der Waals surface area contributed by atoms with Gasteiger partial charge in [0.05, 0.1) is 45.5 Å². The SMILES string of the molecule is COc1cc(-c2cc(C(=O)N3C4CCC3CC(n3nccn3)C4)[nH]n2)cc(OC)c1OC. The van der Waals surface area contributed by atoms with Crippen molar-refractivity contribution in [3.63, 3.8) is 0 Å². The van der Waals surface area contributed by atoms with Crippen LogP contribution in [0, 0.1) is 0 Å². The zero-order chi connectivity index (χ0) is 22.2. The first-order valence-electron chi connectivity index (χ1n) is 10.7. The molecular formula is C22H26N6O4. The summed E-state index contributed by atoms with van der Waals surface area (Å²) in [6.45, 7) is 0. The fourth-order valence-corrected chi connectivity index (χ4v) is 5.03. The summed E-state index contributed by atoms with van der Waals surface area (Å²) in [4.78, 5) is 17.2. The molecule has 0 radical (unpaired) electrons. The number of methoxy groups -OCH3 is 3. The number of piperidine rings is 1. The van der Waals surface area contributed by atoms with Crippen LogP contribution in [0.2, 0.25) is 0 Å². The van der Waals surface area contributed by atoms with Gasteiger partial charge in [0.25, 0.3) is 5.91 Å². The fraction of sp³-hybridized carbons (Fsp3) is 0.455. The zero-order valence-corrected chi connectivity index (χ0v) is 18.3. The number of hydrogen-bond donors (Lipinski definition) is 1. The average molecular weight is 438 g/mol. The Morgan fingerprint density at radius 3 is 2.12 bits per heavy atom. The molecule has 1 N–H and O–H groups in total. The van der Waals surface area contributed by atoms with Crippen LogP contribution >= 0.6 is 0 Å². The lowest BCUT2D eigenvalue weighted by atomic mass is 9.97. The monoisotopic (exact) mass is 438 g/mol. The third kappa shape index (κ3) is 3.35. The van der Waals surface area contributed by atoms with Gasteiger partial charge in [0.1, 0.15) is 5.69 Å². The number of aromatic nitrogens is 5. The predicted molar refractivity (Wildman–Crippen MR) is 115 cm³/mol. The van der Waals surface area contributed by atoms with E-state index in [-0.39, 0.29) is 24.0 Å². The highest BCUT2D eigenvalue weighted by Gasteiger charge is 2.44. The molecule has 10 nitrogen and oxygen atoms in total. The first kappa shape index (κ1) is 20.3. The molecule has 10 heteroatoms. The number of carbonyl (C=O) groups is 1. The molecule has 2 aliphatic rings. The highest BCUT2D eigenvalue weighted by Crippen LogP contribution is 2.42. The number of hydrogen-bond acceptors (Lipinski definition) is 7. The minimum atomic E-state index is -0.0180. The fourth-order valence-electron chi connectivity index (χ4n) is 5.03. The van der Waals surface area contributed by atoms with Gasteiger partial charge in [0.15, 0.2) is 11.5 Å². The number of aromatic amines is 1. The van der Waals surface area contributed by atoms with E-state index < -0.39 is 0 Å². The van der Waals surface area contributed by atoms with Crippen LogP contribution in [0.3, 0.4) is 0 Å². The van der Waals surface area contributed by atoms with Crippen molar-refractivity contribution in [3.05, 3.63) is 36.3 Å². The topological polar surface area (TPSA) is 107 Å². The molecule has 2 saturated heterocycles. The second-order valence-electron chi connectivity index (χ2n) is 8.15. The van der Waals surface area contributed by atoms with Crippen LogP contribution < -0.4 is 14.2 Å². The van der Waals surface area contributed by atoms with Crippen molar-refractivity contribution in [2.45, 2.75) is 43.8 Å². The van der Waals surface area contributed by atoms with Crippen LogP contribution in [0.25, 0.3) is 11.3 Å². The highest BCUT2D eigenvalue weighted by atomic mass is 16.5. The lowest BCUT2D eigenvalue weighted by Crippen LogP contribution is -2.47. The molecule has 2 fully saturated rings. The Labute approximate surface area is 185 Å². The minimum absolute atomic E-state index is 0.0180. The Morgan fingerprint density at radius 1 is 0.938 bits per heavy atom. The molecule has 0 saturated carbocycles. The van der Waals surface area contributed by atoms with E-state index in [1.807, 2.05) is 17.0 Å². The van der Waals surface area contributed by atoms with Crippen molar-refractivity contribution in [2.24, 2.45) is 0 Å². The van der Waals surface area contributed by atoms with Gasteiger partial charge >= 0.3 is 0 Å². The van der Waals surface area contributed by atoms with Gasteiger partial charge in [-0.3, -0.25) is 9.89 Å². The summed E-state index contributed by atoms with van der Waals surface area (Å²) in [6.07, 6.45) is 7.14. The number of H-pyrrole nitrogens is 1. The number of nitrogens with zero attached hydrogens (tertiary/aromatic N) is 5. The molecule has 4 heterocycles. The smallest absolute Gasteiger partial charge is 0.272 e. The van der Waals surface area contributed by atoms with Gasteiger partial charge in [-0.15, -0.1) is 0 Å². The molecule has 32 heavy (non-hydrogen) atoms. The molecule has 2 bridgehead atoms. The number of benzene rings is 1. The summed E-state index contributed by atoms with van der Waals surface area (Å²) in [6, 6.07) is 6.03. The molecule has 2 aliphatic heterocycles. The summed E-state index contributed by atoms with van der Waals surface area (Å²) in [5, 5.41) is 15.9. The molecule has 2 unspecified atom stereocenters. The maximum Gasteiger partial charge on any atom is 0.272 e. The summed E-state index contributed by atoms with van der Waals surface area (Å²) < 4.78 is 16.3. The Hall–Kier alpha value is -3.56. The lowest BCUT2D eigenvalue weighted by Gasteiger charge is -2.38. The second kappa shape index (κ2) is 8.18. The van der Waals surface area contributed by atoms with Crippen molar-refractivity contribution in [1.82, 2.24) is 30.1 Å². The van der Waals surface area contributed by atoms with Crippen LogP contribution in [0.5, 0.6) is 17.2 Å². The zero-order valence-electron chi connectivity index (χ0n) is 18.3. The van der Waals surface area contributed by atoms with Gasteiger partial charge in [0, 0.05) is 17.6 Å². The summed E-state index contributed by atoms with van der Waals surface area (Å²) in [5.74, 6) is 1.56. The first-order valence-corrected chi connectivity index (χ1v) is 10.7. The van der Waals surface area contributed by atoms with Crippen LogP contribution in [-0.2, 0) is 0 Å². The van der Waals surface area contributed by atoms with E-state index in [0.717, 1.165) is 31.2 Å². The predicted octanol–water partition coefficient (Wildman–Crippen LogP) is 2.70. The van der Waals surface area contributed by atoms with E-state index in [2.05, 4.69) is 20.4 Å². The highest BCUT2D eigenvalue weighted by molar-refractivity contribution is 5.94.